The smallest absolute Gasteiger partial charge is 0.412 e. The summed E-state index contributed by atoms with van der Waals surface area (Å²) in [6.07, 6.45) is 3.97. The van der Waals surface area contributed by atoms with Gasteiger partial charge in [0.1, 0.15) is 18.5 Å². The van der Waals surface area contributed by atoms with E-state index in [2.05, 4.69) is 10.6 Å². The molecule has 0 aliphatic rings. The fraction of sp³-hybridized carbons (Fsp3) is 0.185. The highest BCUT2D eigenvalue weighted by atomic mass is 32.2. The lowest BCUT2D eigenvalue weighted by Gasteiger charge is -2.18. The van der Waals surface area contributed by atoms with Gasteiger partial charge in [0.2, 0.25) is 5.91 Å². The van der Waals surface area contributed by atoms with Gasteiger partial charge in [-0.3, -0.25) is 10.1 Å². The van der Waals surface area contributed by atoms with Crippen molar-refractivity contribution in [1.82, 2.24) is 0 Å². The van der Waals surface area contributed by atoms with Gasteiger partial charge in [-0.2, -0.15) is 0 Å². The van der Waals surface area contributed by atoms with Gasteiger partial charge in [-0.05, 0) is 66.4 Å². The highest BCUT2D eigenvalue weighted by Gasteiger charge is 2.17. The quantitative estimate of drug-likeness (QED) is 0.159. The van der Waals surface area contributed by atoms with E-state index in [1.165, 1.54) is 6.08 Å². The van der Waals surface area contributed by atoms with Crippen molar-refractivity contribution in [2.24, 2.45) is 0 Å². The van der Waals surface area contributed by atoms with E-state index in [0.717, 1.165) is 10.5 Å². The molecule has 3 aromatic carbocycles. The first-order chi connectivity index (χ1) is 17.5. The molecule has 0 aromatic heterocycles. The minimum atomic E-state index is -0.659. The summed E-state index contributed by atoms with van der Waals surface area (Å²) in [6.45, 7) is 0.0911. The van der Waals surface area contributed by atoms with Crippen LogP contribution in [-0.2, 0) is 9.53 Å². The second kappa shape index (κ2) is 13.8. The van der Waals surface area contributed by atoms with E-state index in [4.69, 9.17) is 20.3 Å². The maximum atomic E-state index is 12.6. The molecule has 3 aromatic rings. The van der Waals surface area contributed by atoms with Crippen molar-refractivity contribution in [2.45, 2.75) is 17.4 Å². The summed E-state index contributed by atoms with van der Waals surface area (Å²) >= 11 is 1.61. The number of rotatable bonds is 11. The van der Waals surface area contributed by atoms with Crippen LogP contribution in [0.3, 0.4) is 0 Å². The average molecular weight is 508 g/mol. The third-order valence-corrected chi connectivity index (χ3v) is 5.78. The van der Waals surface area contributed by atoms with Crippen LogP contribution >= 0.6 is 11.8 Å². The molecule has 8 nitrogen and oxygen atoms in total. The topological polar surface area (TPSA) is 123 Å². The molecule has 0 unspecified atom stereocenters. The fourth-order valence-electron chi connectivity index (χ4n) is 3.23. The number of benzene rings is 3. The second-order valence-electron chi connectivity index (χ2n) is 7.60. The monoisotopic (exact) mass is 507 g/mol. The molecule has 36 heavy (non-hydrogen) atoms. The van der Waals surface area contributed by atoms with Crippen molar-refractivity contribution in [3.05, 3.63) is 90.5 Å². The van der Waals surface area contributed by atoms with Crippen molar-refractivity contribution in [3.8, 4) is 5.75 Å². The zero-order valence-corrected chi connectivity index (χ0v) is 20.7. The molecule has 9 heteroatoms. The van der Waals surface area contributed by atoms with Crippen LogP contribution in [0.2, 0.25) is 0 Å². The molecule has 0 radical (unpaired) electrons. The fourth-order valence-corrected chi connectivity index (χ4v) is 3.64. The van der Waals surface area contributed by atoms with Crippen molar-refractivity contribution < 1.29 is 24.2 Å². The molecule has 0 saturated heterocycles. The molecule has 0 fully saturated rings. The number of anilines is 3. The Morgan fingerprint density at radius 3 is 2.42 bits per heavy atom. The normalized spacial score (nSPS) is 11.6. The minimum absolute atomic E-state index is 0.0902. The minimum Gasteiger partial charge on any atom is -0.491 e. The van der Waals surface area contributed by atoms with E-state index in [1.807, 2.05) is 18.4 Å². The molecular formula is C27H29N3O5S. The van der Waals surface area contributed by atoms with E-state index in [0.29, 0.717) is 22.8 Å². The van der Waals surface area contributed by atoms with Gasteiger partial charge in [0.25, 0.3) is 0 Å². The Hall–Kier alpha value is -3.95. The Balaban J connectivity index is 1.68. The molecule has 0 heterocycles. The highest BCUT2D eigenvalue weighted by Crippen LogP contribution is 2.26. The molecule has 0 aliphatic heterocycles. The zero-order valence-electron chi connectivity index (χ0n) is 19.8. The third kappa shape index (κ3) is 8.37. The Kier molecular flexibility index (Phi) is 10.2. The summed E-state index contributed by atoms with van der Waals surface area (Å²) in [4.78, 5) is 26.0. The average Bonchev–Trinajstić information content (AvgIpc) is 2.89. The number of nitrogens with one attached hydrogen (secondary N) is 2. The van der Waals surface area contributed by atoms with Gasteiger partial charge in [-0.15, -0.1) is 11.8 Å². The number of carbonyl (C=O) groups is 2. The lowest BCUT2D eigenvalue weighted by molar-refractivity contribution is -0.111. The van der Waals surface area contributed by atoms with Crippen molar-refractivity contribution in [1.29, 1.82) is 0 Å². The van der Waals surface area contributed by atoms with Crippen LogP contribution in [0.5, 0.6) is 5.75 Å². The highest BCUT2D eigenvalue weighted by molar-refractivity contribution is 7.98. The molecule has 0 spiro atoms. The predicted molar refractivity (Wildman–Crippen MR) is 143 cm³/mol. The van der Waals surface area contributed by atoms with E-state index in [-0.39, 0.29) is 25.5 Å². The summed E-state index contributed by atoms with van der Waals surface area (Å²) in [7, 11) is 0. The largest absolute Gasteiger partial charge is 0.491 e. The van der Waals surface area contributed by atoms with Gasteiger partial charge >= 0.3 is 6.09 Å². The summed E-state index contributed by atoms with van der Waals surface area (Å²) in [6, 6.07) is 21.4. The number of nitrogen functional groups attached to an aromatic ring is 1. The van der Waals surface area contributed by atoms with Gasteiger partial charge in [0.15, 0.2) is 0 Å². The Labute approximate surface area is 214 Å². The molecule has 0 aliphatic carbocycles. The predicted octanol–water partition coefficient (Wildman–Crippen LogP) is 5.24. The van der Waals surface area contributed by atoms with Crippen LogP contribution in [0.25, 0.3) is 0 Å². The maximum Gasteiger partial charge on any atom is 0.412 e. The van der Waals surface area contributed by atoms with Gasteiger partial charge < -0.3 is 25.6 Å². The van der Waals surface area contributed by atoms with Crippen LogP contribution in [-0.4, -0.2) is 36.6 Å². The maximum absolute atomic E-state index is 12.6. The molecule has 3 rings (SSSR count). The van der Waals surface area contributed by atoms with E-state index < -0.39 is 12.2 Å². The lowest BCUT2D eigenvalue weighted by atomic mass is 10.1. The van der Waals surface area contributed by atoms with Gasteiger partial charge in [-0.25, -0.2) is 4.79 Å². The number of thioether (sulfide) groups is 1. The summed E-state index contributed by atoms with van der Waals surface area (Å²) in [5.41, 5.74) is 8.18. The van der Waals surface area contributed by atoms with E-state index in [9.17, 15) is 9.59 Å². The summed E-state index contributed by atoms with van der Waals surface area (Å²) in [5, 5.41) is 14.4. The van der Waals surface area contributed by atoms with Crippen LogP contribution in [0.15, 0.2) is 89.8 Å². The van der Waals surface area contributed by atoms with Crippen LogP contribution in [0.4, 0.5) is 21.9 Å². The SMILES string of the molecule is CSc1ccc(NC(=O)O[C@H](C/C=C/C(=O)Nc2ccccc2N)c2ccc(OCCO)cc2)cc1. The first kappa shape index (κ1) is 26.7. The van der Waals surface area contributed by atoms with Gasteiger partial charge in [0.05, 0.1) is 18.0 Å². The Morgan fingerprint density at radius 1 is 1.03 bits per heavy atom. The number of amides is 2. The Morgan fingerprint density at radius 2 is 1.75 bits per heavy atom. The van der Waals surface area contributed by atoms with E-state index >= 15 is 0 Å². The number of ether oxygens (including phenoxy) is 2. The van der Waals surface area contributed by atoms with Crippen molar-refractivity contribution >= 4 is 40.8 Å². The zero-order chi connectivity index (χ0) is 25.8. The van der Waals surface area contributed by atoms with Crippen LogP contribution < -0.4 is 21.1 Å². The van der Waals surface area contributed by atoms with Gasteiger partial charge in [0, 0.05) is 17.0 Å². The first-order valence-electron chi connectivity index (χ1n) is 11.3. The molecule has 0 saturated carbocycles. The third-order valence-electron chi connectivity index (χ3n) is 5.04. The molecule has 0 bridgehead atoms. The summed E-state index contributed by atoms with van der Waals surface area (Å²) in [5.74, 6) is 0.234. The number of hydrogen-bond donors (Lipinski definition) is 4. The van der Waals surface area contributed by atoms with E-state index in [1.54, 1.807) is 78.5 Å². The first-order valence-corrected chi connectivity index (χ1v) is 12.5. The van der Waals surface area contributed by atoms with Crippen LogP contribution in [0, 0.1) is 0 Å². The van der Waals surface area contributed by atoms with Crippen LogP contribution in [0.1, 0.15) is 18.1 Å². The van der Waals surface area contributed by atoms with Crippen molar-refractivity contribution in [3.63, 3.8) is 0 Å². The number of aliphatic hydroxyl groups excluding tert-OH is 1. The molecular weight excluding hydrogens is 478 g/mol. The number of para-hydroxylation sites is 2. The molecule has 5 N–H and O–H groups in total. The number of aliphatic hydroxyl groups is 1. The number of nitrogens with two attached hydrogens (primary N) is 1. The molecule has 188 valence electrons. The lowest BCUT2D eigenvalue weighted by Crippen LogP contribution is -2.17. The summed E-state index contributed by atoms with van der Waals surface area (Å²) < 4.78 is 11.1. The standard InChI is InChI=1S/C27H29N3O5S/c1-36-22-15-11-20(12-16-22)29-27(33)35-25(19-9-13-21(14-10-19)34-18-17-31)7-4-8-26(32)30-24-6-3-2-5-23(24)28/h2-6,8-16,25,31H,7,17-18,28H2,1H3,(H,29,33)(H,30,32)/b8-4+/t25-/m1/s1. The molecule has 2 amide bonds. The van der Waals surface area contributed by atoms with Gasteiger partial charge in [-0.1, -0.05) is 30.3 Å². The number of carbonyl (C=O) groups excluding carboxylic acids is 2. The Bertz CT molecular complexity index is 1170. The second-order valence-corrected chi connectivity index (χ2v) is 8.48. The van der Waals surface area contributed by atoms with Crippen molar-refractivity contribution in [2.75, 3.05) is 35.8 Å². The molecule has 1 atom stereocenters. The number of hydrogen-bond acceptors (Lipinski definition) is 7.